The second-order valence-corrected chi connectivity index (χ2v) is 4.35. The van der Waals surface area contributed by atoms with E-state index in [2.05, 4.69) is 33.5 Å². The van der Waals surface area contributed by atoms with Gasteiger partial charge in [0.15, 0.2) is 5.82 Å². The summed E-state index contributed by atoms with van der Waals surface area (Å²) in [5.74, 6) is 1.57. The number of fused-ring (bicyclic) bond motifs is 3. The fourth-order valence-electron chi connectivity index (χ4n) is 2.76. The Kier molecular flexibility index (Phi) is 1.97. The smallest absolute Gasteiger partial charge is 0.153 e. The first-order chi connectivity index (χ1) is 7.38. The fraction of sp³-hybridized carbons (Fsp3) is 0.500. The second-order valence-electron chi connectivity index (χ2n) is 4.35. The van der Waals surface area contributed by atoms with Gasteiger partial charge >= 0.3 is 0 Å². The summed E-state index contributed by atoms with van der Waals surface area (Å²) in [6, 6.07) is 0.500. The minimum absolute atomic E-state index is 0.500. The number of hydrogen-bond acceptors (Lipinski definition) is 2. The summed E-state index contributed by atoms with van der Waals surface area (Å²) in [4.78, 5) is 4.30. The molecule has 1 aromatic rings. The lowest BCUT2D eigenvalue weighted by Crippen LogP contribution is -2.14. The molecule has 0 bridgehead atoms. The van der Waals surface area contributed by atoms with Crippen LogP contribution in [-0.2, 0) is 0 Å². The lowest BCUT2D eigenvalue weighted by Gasteiger charge is -2.21. The molecule has 0 saturated carbocycles. The lowest BCUT2D eigenvalue weighted by atomic mass is 9.87. The van der Waals surface area contributed by atoms with Crippen molar-refractivity contribution in [1.29, 1.82) is 0 Å². The minimum Gasteiger partial charge on any atom is -0.242 e. The highest BCUT2D eigenvalue weighted by atomic mass is 15.4. The Morgan fingerprint density at radius 2 is 2.07 bits per heavy atom. The van der Waals surface area contributed by atoms with Crippen LogP contribution in [0.1, 0.15) is 37.5 Å². The Bertz CT molecular complexity index is 416. The monoisotopic (exact) mass is 201 g/mol. The van der Waals surface area contributed by atoms with Gasteiger partial charge in [-0.2, -0.15) is 5.10 Å². The standard InChI is InChI=1S/C12H15N3/c1-9-10-6-4-2-3-5-7-11(10)15-12(9)13-8-14-15/h2-3,8,10-11H,1,4-7H2/b3-2-. The van der Waals surface area contributed by atoms with Gasteiger partial charge in [0.05, 0.1) is 6.04 Å². The molecule has 2 aliphatic rings. The van der Waals surface area contributed by atoms with Crippen LogP contribution in [0.25, 0.3) is 5.57 Å². The van der Waals surface area contributed by atoms with Crippen molar-refractivity contribution in [1.82, 2.24) is 14.8 Å². The number of allylic oxidation sites excluding steroid dienone is 3. The molecule has 0 amide bonds. The van der Waals surface area contributed by atoms with Crippen LogP contribution in [0.4, 0.5) is 0 Å². The molecule has 0 saturated heterocycles. The van der Waals surface area contributed by atoms with Crippen molar-refractivity contribution < 1.29 is 0 Å². The maximum Gasteiger partial charge on any atom is 0.153 e. The van der Waals surface area contributed by atoms with Gasteiger partial charge in [-0.15, -0.1) is 0 Å². The van der Waals surface area contributed by atoms with Gasteiger partial charge in [-0.1, -0.05) is 18.7 Å². The average Bonchev–Trinajstić information content (AvgIpc) is 2.72. The first kappa shape index (κ1) is 8.89. The van der Waals surface area contributed by atoms with Crippen LogP contribution in [0.2, 0.25) is 0 Å². The molecule has 78 valence electrons. The number of rotatable bonds is 0. The molecule has 2 heterocycles. The molecule has 2 unspecified atom stereocenters. The molecule has 1 aliphatic heterocycles. The van der Waals surface area contributed by atoms with Gasteiger partial charge in [-0.3, -0.25) is 0 Å². The van der Waals surface area contributed by atoms with E-state index in [0.717, 1.165) is 25.1 Å². The number of aromatic nitrogens is 3. The highest BCUT2D eigenvalue weighted by Gasteiger charge is 2.36. The van der Waals surface area contributed by atoms with Gasteiger partial charge in [0.1, 0.15) is 6.33 Å². The zero-order valence-corrected chi connectivity index (χ0v) is 8.76. The average molecular weight is 201 g/mol. The Balaban J connectivity index is 1.99. The molecule has 0 N–H and O–H groups in total. The molecule has 1 aromatic heterocycles. The van der Waals surface area contributed by atoms with E-state index in [-0.39, 0.29) is 0 Å². The predicted octanol–water partition coefficient (Wildman–Crippen LogP) is 2.59. The third-order valence-electron chi connectivity index (χ3n) is 3.53. The Morgan fingerprint density at radius 3 is 2.93 bits per heavy atom. The molecule has 1 aliphatic carbocycles. The summed E-state index contributed by atoms with van der Waals surface area (Å²) in [7, 11) is 0. The zero-order chi connectivity index (χ0) is 10.3. The SMILES string of the molecule is C=C1c2ncnn2C2CC/C=C\CCC12. The van der Waals surface area contributed by atoms with Gasteiger partial charge in [0, 0.05) is 5.92 Å². The van der Waals surface area contributed by atoms with Gasteiger partial charge in [-0.05, 0) is 31.3 Å². The van der Waals surface area contributed by atoms with Crippen molar-refractivity contribution >= 4 is 5.57 Å². The molecule has 2 atom stereocenters. The van der Waals surface area contributed by atoms with Gasteiger partial charge in [-0.25, -0.2) is 9.67 Å². The molecule has 0 radical (unpaired) electrons. The first-order valence-corrected chi connectivity index (χ1v) is 5.61. The van der Waals surface area contributed by atoms with Crippen LogP contribution in [0.3, 0.4) is 0 Å². The van der Waals surface area contributed by atoms with E-state index in [1.807, 2.05) is 0 Å². The van der Waals surface area contributed by atoms with E-state index in [4.69, 9.17) is 0 Å². The fourth-order valence-corrected chi connectivity index (χ4v) is 2.76. The van der Waals surface area contributed by atoms with Gasteiger partial charge in [0.25, 0.3) is 0 Å². The lowest BCUT2D eigenvalue weighted by molar-refractivity contribution is 0.355. The van der Waals surface area contributed by atoms with E-state index < -0.39 is 0 Å². The maximum atomic E-state index is 4.32. The minimum atomic E-state index is 0.500. The summed E-state index contributed by atoms with van der Waals surface area (Å²) < 4.78 is 2.08. The summed E-state index contributed by atoms with van der Waals surface area (Å²) in [6.45, 7) is 4.18. The van der Waals surface area contributed by atoms with Crippen molar-refractivity contribution in [2.45, 2.75) is 31.7 Å². The second kappa shape index (κ2) is 3.33. The summed E-state index contributed by atoms with van der Waals surface area (Å²) in [5, 5.41) is 4.32. The van der Waals surface area contributed by atoms with Crippen LogP contribution < -0.4 is 0 Å². The molecule has 0 spiro atoms. The van der Waals surface area contributed by atoms with E-state index >= 15 is 0 Å². The van der Waals surface area contributed by atoms with Gasteiger partial charge in [0.2, 0.25) is 0 Å². The summed E-state index contributed by atoms with van der Waals surface area (Å²) in [6.07, 6.45) is 10.9. The van der Waals surface area contributed by atoms with Crippen LogP contribution in [0.15, 0.2) is 25.1 Å². The van der Waals surface area contributed by atoms with Crippen molar-refractivity contribution in [3.8, 4) is 0 Å². The van der Waals surface area contributed by atoms with Crippen LogP contribution in [0.5, 0.6) is 0 Å². The van der Waals surface area contributed by atoms with E-state index in [1.165, 1.54) is 12.0 Å². The number of hydrogen-bond donors (Lipinski definition) is 0. The van der Waals surface area contributed by atoms with E-state index in [1.54, 1.807) is 6.33 Å². The molecule has 3 nitrogen and oxygen atoms in total. The Morgan fingerprint density at radius 1 is 1.27 bits per heavy atom. The quantitative estimate of drug-likeness (QED) is 0.604. The molecule has 3 rings (SSSR count). The molecular weight excluding hydrogens is 186 g/mol. The zero-order valence-electron chi connectivity index (χ0n) is 8.76. The first-order valence-electron chi connectivity index (χ1n) is 5.61. The molecule has 15 heavy (non-hydrogen) atoms. The number of nitrogens with zero attached hydrogens (tertiary/aromatic N) is 3. The van der Waals surface area contributed by atoms with Gasteiger partial charge < -0.3 is 0 Å². The van der Waals surface area contributed by atoms with E-state index in [9.17, 15) is 0 Å². The van der Waals surface area contributed by atoms with Crippen LogP contribution in [0, 0.1) is 5.92 Å². The van der Waals surface area contributed by atoms with Crippen LogP contribution >= 0.6 is 0 Å². The predicted molar refractivity (Wildman–Crippen MR) is 59.2 cm³/mol. The largest absolute Gasteiger partial charge is 0.242 e. The Hall–Kier alpha value is -1.38. The molecule has 0 fully saturated rings. The molecular formula is C12H15N3. The van der Waals surface area contributed by atoms with Crippen molar-refractivity contribution in [2.24, 2.45) is 5.92 Å². The highest BCUT2D eigenvalue weighted by molar-refractivity contribution is 5.63. The van der Waals surface area contributed by atoms with Crippen molar-refractivity contribution in [3.05, 3.63) is 30.9 Å². The molecule has 3 heteroatoms. The van der Waals surface area contributed by atoms with E-state index in [0.29, 0.717) is 12.0 Å². The normalized spacial score (nSPS) is 31.6. The molecule has 0 aromatic carbocycles. The third kappa shape index (κ3) is 1.26. The van der Waals surface area contributed by atoms with Crippen molar-refractivity contribution in [2.75, 3.05) is 0 Å². The van der Waals surface area contributed by atoms with Crippen LogP contribution in [-0.4, -0.2) is 14.8 Å². The Labute approximate surface area is 89.5 Å². The maximum absolute atomic E-state index is 4.32. The highest BCUT2D eigenvalue weighted by Crippen LogP contribution is 2.43. The van der Waals surface area contributed by atoms with Crippen molar-refractivity contribution in [3.63, 3.8) is 0 Å². The topological polar surface area (TPSA) is 30.7 Å². The summed E-state index contributed by atoms with van der Waals surface area (Å²) >= 11 is 0. The third-order valence-corrected chi connectivity index (χ3v) is 3.53. The summed E-state index contributed by atoms with van der Waals surface area (Å²) in [5.41, 5.74) is 1.19.